The zero-order valence-corrected chi connectivity index (χ0v) is 21.6. The van der Waals surface area contributed by atoms with Crippen LogP contribution in [0.4, 0.5) is 0 Å². The van der Waals surface area contributed by atoms with Gasteiger partial charge in [-0.25, -0.2) is 0 Å². The summed E-state index contributed by atoms with van der Waals surface area (Å²) in [6, 6.07) is -3.74. The lowest BCUT2D eigenvalue weighted by atomic mass is 9.95. The van der Waals surface area contributed by atoms with Crippen LogP contribution in [-0.4, -0.2) is 72.8 Å². The fourth-order valence-corrected chi connectivity index (χ4v) is 2.91. The second-order valence-corrected chi connectivity index (χ2v) is 8.02. The Balaban J connectivity index is 0. The highest BCUT2D eigenvalue weighted by Crippen LogP contribution is 2.12. The number of aliphatic hydroxyl groups excluding tert-OH is 1. The third-order valence-electron chi connectivity index (χ3n) is 5.67. The van der Waals surface area contributed by atoms with Crippen molar-refractivity contribution >= 4 is 29.9 Å². The van der Waals surface area contributed by atoms with Crippen molar-refractivity contribution in [3.63, 3.8) is 0 Å². The summed E-state index contributed by atoms with van der Waals surface area (Å²) in [5, 5.41) is 19.7. The lowest BCUT2D eigenvalue weighted by molar-refractivity contribution is -0.134. The van der Waals surface area contributed by atoms with E-state index >= 15 is 0 Å². The molecule has 0 aliphatic heterocycles. The molecule has 0 radical (unpaired) electrons. The largest absolute Gasteiger partial charge is 0.394 e. The van der Waals surface area contributed by atoms with Crippen LogP contribution in [-0.2, 0) is 24.0 Å². The fourth-order valence-electron chi connectivity index (χ4n) is 2.91. The van der Waals surface area contributed by atoms with E-state index in [4.69, 9.17) is 5.73 Å². The first-order chi connectivity index (χ1) is 16.1. The first-order valence-corrected chi connectivity index (χ1v) is 12.0. The Morgan fingerprint density at radius 3 is 1.82 bits per heavy atom. The maximum Gasteiger partial charge on any atom is 0.243 e. The minimum atomic E-state index is -1.15. The van der Waals surface area contributed by atoms with Crippen molar-refractivity contribution in [2.45, 2.75) is 91.4 Å². The van der Waals surface area contributed by atoms with Crippen LogP contribution in [0.3, 0.4) is 0 Å². The molecule has 0 aromatic carbocycles. The van der Waals surface area contributed by atoms with E-state index in [0.29, 0.717) is 19.1 Å². The number of rotatable bonds is 16. The number of nitrogens with two attached hydrogens (primary N) is 1. The van der Waals surface area contributed by atoms with E-state index in [2.05, 4.69) is 21.3 Å². The topological polar surface area (TPSA) is 180 Å². The van der Waals surface area contributed by atoms with Gasteiger partial charge in [-0.3, -0.25) is 19.2 Å². The molecule has 198 valence electrons. The van der Waals surface area contributed by atoms with Crippen molar-refractivity contribution in [1.29, 1.82) is 0 Å². The van der Waals surface area contributed by atoms with Gasteiger partial charge < -0.3 is 36.9 Å². The summed E-state index contributed by atoms with van der Waals surface area (Å²) in [6.45, 7) is 10.9. The van der Waals surface area contributed by atoms with Crippen LogP contribution in [0.15, 0.2) is 0 Å². The summed E-state index contributed by atoms with van der Waals surface area (Å²) < 4.78 is 0. The molecule has 0 saturated carbocycles. The Morgan fingerprint density at radius 1 is 0.882 bits per heavy atom. The zero-order valence-electron chi connectivity index (χ0n) is 21.6. The lowest BCUT2D eigenvalue weighted by Gasteiger charge is -2.29. The van der Waals surface area contributed by atoms with E-state index in [1.54, 1.807) is 6.92 Å². The van der Waals surface area contributed by atoms with Gasteiger partial charge in [-0.05, 0) is 25.3 Å². The molecule has 0 rings (SSSR count). The van der Waals surface area contributed by atoms with Crippen molar-refractivity contribution in [3.05, 3.63) is 0 Å². The van der Waals surface area contributed by atoms with E-state index in [1.165, 1.54) is 7.05 Å². The monoisotopic (exact) mass is 487 g/mol. The summed E-state index contributed by atoms with van der Waals surface area (Å²) >= 11 is 0. The first kappa shape index (κ1) is 33.6. The first-order valence-electron chi connectivity index (χ1n) is 12.0. The predicted molar refractivity (Wildman–Crippen MR) is 130 cm³/mol. The molecule has 0 unspecified atom stereocenters. The predicted octanol–water partition coefficient (Wildman–Crippen LogP) is -0.396. The number of aliphatic hydroxyl groups is 1. The number of likely N-dealkylation sites (N-methyl/N-ethyl adjacent to an activating group) is 1. The smallest absolute Gasteiger partial charge is 0.243 e. The molecule has 34 heavy (non-hydrogen) atoms. The van der Waals surface area contributed by atoms with Crippen LogP contribution in [0.1, 0.15) is 67.2 Å². The van der Waals surface area contributed by atoms with Crippen LogP contribution >= 0.6 is 0 Å². The highest BCUT2D eigenvalue weighted by molar-refractivity contribution is 5.94. The van der Waals surface area contributed by atoms with Gasteiger partial charge in [0.05, 0.1) is 12.6 Å². The molecule has 4 amide bonds. The van der Waals surface area contributed by atoms with Gasteiger partial charge in [-0.1, -0.05) is 54.4 Å². The van der Waals surface area contributed by atoms with Crippen LogP contribution < -0.4 is 27.0 Å². The Labute approximate surface area is 203 Å². The average molecular weight is 488 g/mol. The molecule has 0 aliphatic carbocycles. The standard InChI is InChI=1S/C21H39N5O6.C2H6/c1-6-12(3)15(10-27)25-21(32)18(13(4)7-2)26-19(30)14(8-9-17(22)29)24-20(31)16(11-28)23-5;1-2/h10,12-16,18,23,28H,6-9,11H2,1-5H3,(H2,22,29)(H,24,31)(H,25,32)(H,26,30);1-2H3/t12-,13+,14+,15+,16-,18+;/m0./s1. The highest BCUT2D eigenvalue weighted by atomic mass is 16.3. The molecule has 0 bridgehead atoms. The third kappa shape index (κ3) is 12.1. The summed E-state index contributed by atoms with van der Waals surface area (Å²) in [4.78, 5) is 60.8. The van der Waals surface area contributed by atoms with Crippen molar-refractivity contribution in [2.75, 3.05) is 13.7 Å². The number of carbonyl (C=O) groups is 5. The van der Waals surface area contributed by atoms with E-state index in [9.17, 15) is 29.1 Å². The van der Waals surface area contributed by atoms with Gasteiger partial charge in [0, 0.05) is 6.42 Å². The lowest BCUT2D eigenvalue weighted by Crippen LogP contribution is -2.59. The number of nitrogens with one attached hydrogen (secondary N) is 4. The number of carbonyl (C=O) groups excluding carboxylic acids is 5. The number of hydrogen-bond donors (Lipinski definition) is 6. The molecular weight excluding hydrogens is 442 g/mol. The fraction of sp³-hybridized carbons (Fsp3) is 0.783. The second kappa shape index (κ2) is 18.8. The van der Waals surface area contributed by atoms with Crippen LogP contribution in [0.5, 0.6) is 0 Å². The molecule has 7 N–H and O–H groups in total. The number of primary amides is 1. The maximum absolute atomic E-state index is 13.0. The number of hydrogen-bond acceptors (Lipinski definition) is 7. The van der Waals surface area contributed by atoms with Crippen molar-refractivity contribution < 1.29 is 29.1 Å². The van der Waals surface area contributed by atoms with Crippen LogP contribution in [0.2, 0.25) is 0 Å². The Bertz CT molecular complexity index is 641. The molecule has 0 saturated heterocycles. The van der Waals surface area contributed by atoms with Crippen molar-refractivity contribution in [1.82, 2.24) is 21.3 Å². The van der Waals surface area contributed by atoms with Crippen LogP contribution in [0.25, 0.3) is 0 Å². The van der Waals surface area contributed by atoms with Crippen molar-refractivity contribution in [3.8, 4) is 0 Å². The third-order valence-corrected chi connectivity index (χ3v) is 5.67. The Hall–Kier alpha value is -2.53. The Kier molecular flexibility index (Phi) is 18.6. The molecule has 11 heteroatoms. The van der Waals surface area contributed by atoms with Gasteiger partial charge in [-0.15, -0.1) is 0 Å². The molecule has 0 heterocycles. The van der Waals surface area contributed by atoms with Gasteiger partial charge in [0.2, 0.25) is 23.6 Å². The quantitative estimate of drug-likeness (QED) is 0.160. The van der Waals surface area contributed by atoms with E-state index in [1.807, 2.05) is 34.6 Å². The highest BCUT2D eigenvalue weighted by Gasteiger charge is 2.32. The van der Waals surface area contributed by atoms with Gasteiger partial charge in [-0.2, -0.15) is 0 Å². The minimum Gasteiger partial charge on any atom is -0.394 e. The number of amides is 4. The maximum atomic E-state index is 13.0. The molecule has 11 nitrogen and oxygen atoms in total. The summed E-state index contributed by atoms with van der Waals surface area (Å²) in [7, 11) is 1.48. The summed E-state index contributed by atoms with van der Waals surface area (Å²) in [5.41, 5.74) is 5.18. The molecular formula is C23H45N5O6. The van der Waals surface area contributed by atoms with E-state index < -0.39 is 54.4 Å². The molecule has 0 aromatic heterocycles. The molecule has 0 aliphatic rings. The average Bonchev–Trinajstić information content (AvgIpc) is 2.83. The minimum absolute atomic E-state index is 0.0759. The molecule has 6 atom stereocenters. The summed E-state index contributed by atoms with van der Waals surface area (Å²) in [6.07, 6.45) is 1.68. The van der Waals surface area contributed by atoms with Gasteiger partial charge >= 0.3 is 0 Å². The Morgan fingerprint density at radius 2 is 1.41 bits per heavy atom. The molecule has 0 spiro atoms. The SMILES string of the molecule is CC.CC[C@@H](C)[C@@H](NC(=O)[C@@H](CCC(N)=O)NC(=O)[C@H](CO)NC)C(=O)N[C@H](C=O)[C@@H](C)CC. The number of aldehydes is 1. The van der Waals surface area contributed by atoms with E-state index in [0.717, 1.165) is 0 Å². The normalized spacial score (nSPS) is 15.8. The molecule has 0 fully saturated rings. The van der Waals surface area contributed by atoms with Crippen molar-refractivity contribution in [2.24, 2.45) is 17.6 Å². The van der Waals surface area contributed by atoms with E-state index in [-0.39, 0.29) is 24.7 Å². The zero-order chi connectivity index (χ0) is 26.8. The second-order valence-electron chi connectivity index (χ2n) is 8.02. The summed E-state index contributed by atoms with van der Waals surface area (Å²) in [5.74, 6) is -2.81. The van der Waals surface area contributed by atoms with Gasteiger partial charge in [0.25, 0.3) is 0 Å². The van der Waals surface area contributed by atoms with Gasteiger partial charge in [0.1, 0.15) is 24.4 Å². The van der Waals surface area contributed by atoms with Gasteiger partial charge in [0.15, 0.2) is 0 Å². The van der Waals surface area contributed by atoms with Crippen LogP contribution in [0, 0.1) is 11.8 Å². The molecule has 0 aromatic rings.